The maximum Gasteiger partial charge on any atom is 0.209 e. The first kappa shape index (κ1) is 21.5. The number of fused-ring (bicyclic) bond motifs is 3. The summed E-state index contributed by atoms with van der Waals surface area (Å²) in [6.45, 7) is 6.43. The van der Waals surface area contributed by atoms with E-state index in [4.69, 9.17) is 0 Å². The van der Waals surface area contributed by atoms with Crippen molar-refractivity contribution in [2.75, 3.05) is 6.26 Å². The van der Waals surface area contributed by atoms with Crippen molar-refractivity contribution >= 4 is 32.0 Å². The molecule has 0 saturated heterocycles. The van der Waals surface area contributed by atoms with Gasteiger partial charge in [0.15, 0.2) is 0 Å². The van der Waals surface area contributed by atoms with Gasteiger partial charge in [0.1, 0.15) is 5.52 Å². The van der Waals surface area contributed by atoms with Gasteiger partial charge in [-0.2, -0.15) is 0 Å². The van der Waals surface area contributed by atoms with E-state index in [1.807, 2.05) is 24.5 Å². The van der Waals surface area contributed by atoms with Crippen LogP contribution in [0.1, 0.15) is 37.8 Å². The topological polar surface area (TPSA) is 76.9 Å². The highest BCUT2D eigenvalue weighted by atomic mass is 32.2. The number of nitrogens with zero attached hydrogens (tertiary/aromatic N) is 3. The van der Waals surface area contributed by atoms with Crippen molar-refractivity contribution in [2.45, 2.75) is 45.2 Å². The molecular formula is C24H28N4O2S. The number of aromatic nitrogens is 3. The molecule has 1 N–H and O–H groups in total. The van der Waals surface area contributed by atoms with Crippen LogP contribution in [0.25, 0.3) is 21.9 Å². The molecule has 0 aliphatic carbocycles. The molecule has 0 aliphatic heterocycles. The van der Waals surface area contributed by atoms with Crippen LogP contribution in [0.4, 0.5) is 0 Å². The number of hydrogen-bond acceptors (Lipinski definition) is 4. The number of sulfonamides is 1. The van der Waals surface area contributed by atoms with Crippen LogP contribution in [-0.4, -0.2) is 34.7 Å². The highest BCUT2D eigenvalue weighted by Crippen LogP contribution is 2.28. The average molecular weight is 437 g/mol. The number of nitrogens with one attached hydrogen (secondary N) is 1. The van der Waals surface area contributed by atoms with E-state index in [2.05, 4.69) is 64.1 Å². The van der Waals surface area contributed by atoms with Crippen LogP contribution < -0.4 is 4.72 Å². The van der Waals surface area contributed by atoms with E-state index < -0.39 is 15.6 Å². The van der Waals surface area contributed by atoms with Gasteiger partial charge in [-0.1, -0.05) is 49.4 Å². The zero-order valence-electron chi connectivity index (χ0n) is 18.3. The molecule has 31 heavy (non-hydrogen) atoms. The number of rotatable bonds is 7. The molecular weight excluding hydrogens is 408 g/mol. The Morgan fingerprint density at radius 3 is 2.52 bits per heavy atom. The van der Waals surface area contributed by atoms with Gasteiger partial charge in [0.2, 0.25) is 10.0 Å². The van der Waals surface area contributed by atoms with Crippen LogP contribution in [0.2, 0.25) is 0 Å². The summed E-state index contributed by atoms with van der Waals surface area (Å²) >= 11 is 0. The zero-order chi connectivity index (χ0) is 22.2. The number of pyridine rings is 1. The largest absolute Gasteiger partial charge is 0.328 e. The summed E-state index contributed by atoms with van der Waals surface area (Å²) in [7, 11) is -3.32. The molecule has 0 aliphatic rings. The predicted octanol–water partition coefficient (Wildman–Crippen LogP) is 4.26. The standard InChI is InChI=1S/C24H28N4O2S/c1-17(12-18-8-6-5-7-9-18)19-10-11-20-21(13-19)25-14-22-23(20)28(16-26-22)15-24(2,3)27-31(4,29)30/h5-11,13-14,16-17,27H,12,15H2,1-4H3. The first-order valence-corrected chi connectivity index (χ1v) is 12.3. The fourth-order valence-corrected chi connectivity index (χ4v) is 5.31. The number of benzene rings is 2. The van der Waals surface area contributed by atoms with Gasteiger partial charge in [-0.3, -0.25) is 4.98 Å². The van der Waals surface area contributed by atoms with Crippen molar-refractivity contribution in [3.05, 3.63) is 72.2 Å². The van der Waals surface area contributed by atoms with Crippen molar-refractivity contribution in [3.63, 3.8) is 0 Å². The Morgan fingerprint density at radius 2 is 1.81 bits per heavy atom. The summed E-state index contributed by atoms with van der Waals surface area (Å²) in [4.78, 5) is 9.13. The molecule has 0 bridgehead atoms. The van der Waals surface area contributed by atoms with Crippen molar-refractivity contribution in [1.29, 1.82) is 0 Å². The first-order valence-electron chi connectivity index (χ1n) is 10.4. The quantitative estimate of drug-likeness (QED) is 0.470. The van der Waals surface area contributed by atoms with Crippen molar-refractivity contribution in [1.82, 2.24) is 19.3 Å². The first-order chi connectivity index (χ1) is 14.6. The molecule has 7 heteroatoms. The molecule has 6 nitrogen and oxygen atoms in total. The van der Waals surface area contributed by atoms with Crippen LogP contribution in [-0.2, 0) is 23.0 Å². The van der Waals surface area contributed by atoms with Gasteiger partial charge >= 0.3 is 0 Å². The average Bonchev–Trinajstić information content (AvgIpc) is 3.09. The summed E-state index contributed by atoms with van der Waals surface area (Å²) in [6, 6.07) is 16.9. The molecule has 2 heterocycles. The van der Waals surface area contributed by atoms with E-state index in [1.54, 1.807) is 12.5 Å². The maximum atomic E-state index is 11.7. The smallest absolute Gasteiger partial charge is 0.209 e. The molecule has 2 aromatic carbocycles. The van der Waals surface area contributed by atoms with Gasteiger partial charge in [0.25, 0.3) is 0 Å². The molecule has 2 aromatic heterocycles. The van der Waals surface area contributed by atoms with E-state index in [9.17, 15) is 8.42 Å². The molecule has 4 rings (SSSR count). The Morgan fingerprint density at radius 1 is 1.06 bits per heavy atom. The molecule has 162 valence electrons. The second-order valence-corrected chi connectivity index (χ2v) is 10.7. The Balaban J connectivity index is 1.69. The Kier molecular flexibility index (Phi) is 5.58. The lowest BCUT2D eigenvalue weighted by Crippen LogP contribution is -2.45. The van der Waals surface area contributed by atoms with Crippen LogP contribution in [0, 0.1) is 0 Å². The van der Waals surface area contributed by atoms with Crippen molar-refractivity contribution < 1.29 is 8.42 Å². The second kappa shape index (κ2) is 8.05. The zero-order valence-corrected chi connectivity index (χ0v) is 19.1. The summed E-state index contributed by atoms with van der Waals surface area (Å²) < 4.78 is 28.2. The highest BCUT2D eigenvalue weighted by Gasteiger charge is 2.24. The third-order valence-corrected chi connectivity index (χ3v) is 6.37. The summed E-state index contributed by atoms with van der Waals surface area (Å²) in [5.74, 6) is 0.368. The Hall–Kier alpha value is -2.77. The van der Waals surface area contributed by atoms with Crippen molar-refractivity contribution in [2.24, 2.45) is 0 Å². The van der Waals surface area contributed by atoms with E-state index in [1.165, 1.54) is 17.4 Å². The summed E-state index contributed by atoms with van der Waals surface area (Å²) in [5.41, 5.74) is 4.59. The fraction of sp³-hybridized carbons (Fsp3) is 0.333. The monoisotopic (exact) mass is 436 g/mol. The van der Waals surface area contributed by atoms with E-state index in [0.717, 1.165) is 28.4 Å². The molecule has 0 spiro atoms. The number of imidazole rings is 1. The van der Waals surface area contributed by atoms with Gasteiger partial charge in [-0.05, 0) is 43.4 Å². The molecule has 0 radical (unpaired) electrons. The third-order valence-electron chi connectivity index (χ3n) is 5.45. The van der Waals surface area contributed by atoms with Crippen LogP contribution in [0.5, 0.6) is 0 Å². The van der Waals surface area contributed by atoms with Gasteiger partial charge in [-0.15, -0.1) is 0 Å². The van der Waals surface area contributed by atoms with Gasteiger partial charge in [-0.25, -0.2) is 18.1 Å². The Bertz CT molecular complexity index is 1330. The number of hydrogen-bond donors (Lipinski definition) is 1. The van der Waals surface area contributed by atoms with Gasteiger partial charge < -0.3 is 4.57 Å². The van der Waals surface area contributed by atoms with Crippen LogP contribution in [0.15, 0.2) is 61.1 Å². The van der Waals surface area contributed by atoms with Gasteiger partial charge in [0, 0.05) is 17.5 Å². The normalized spacial score (nSPS) is 13.7. The molecule has 0 fully saturated rings. The third kappa shape index (κ3) is 4.94. The van der Waals surface area contributed by atoms with Crippen LogP contribution in [0.3, 0.4) is 0 Å². The molecule has 0 saturated carbocycles. The SMILES string of the molecule is CC(Cc1ccccc1)c1ccc2c(c1)ncc1ncn(CC(C)(C)NS(C)(=O)=O)c12. The minimum absolute atomic E-state index is 0.368. The summed E-state index contributed by atoms with van der Waals surface area (Å²) in [5, 5.41) is 1.01. The minimum Gasteiger partial charge on any atom is -0.328 e. The maximum absolute atomic E-state index is 11.7. The van der Waals surface area contributed by atoms with Crippen molar-refractivity contribution in [3.8, 4) is 0 Å². The highest BCUT2D eigenvalue weighted by molar-refractivity contribution is 7.88. The lowest BCUT2D eigenvalue weighted by Gasteiger charge is -2.26. The predicted molar refractivity (Wildman–Crippen MR) is 126 cm³/mol. The van der Waals surface area contributed by atoms with E-state index in [0.29, 0.717) is 12.5 Å². The Labute approximate surface area is 183 Å². The van der Waals surface area contributed by atoms with Crippen LogP contribution >= 0.6 is 0 Å². The lowest BCUT2D eigenvalue weighted by atomic mass is 9.93. The minimum atomic E-state index is -3.32. The molecule has 1 unspecified atom stereocenters. The molecule has 1 atom stereocenters. The molecule has 0 amide bonds. The fourth-order valence-electron chi connectivity index (χ4n) is 4.24. The second-order valence-electron chi connectivity index (χ2n) is 8.99. The lowest BCUT2D eigenvalue weighted by molar-refractivity contribution is 0.396. The van der Waals surface area contributed by atoms with E-state index >= 15 is 0 Å². The molecule has 4 aromatic rings. The van der Waals surface area contributed by atoms with Gasteiger partial charge in [0.05, 0.1) is 29.8 Å². The summed E-state index contributed by atoms with van der Waals surface area (Å²) in [6.07, 6.45) is 5.69. The van der Waals surface area contributed by atoms with E-state index in [-0.39, 0.29) is 0 Å².